The molecular formula is C10H17ClN4. The van der Waals surface area contributed by atoms with Crippen molar-refractivity contribution in [3.05, 3.63) is 17.5 Å². The summed E-state index contributed by atoms with van der Waals surface area (Å²) in [6.45, 7) is 3.17. The van der Waals surface area contributed by atoms with Crippen molar-refractivity contribution in [3.8, 4) is 0 Å². The second-order valence-electron chi connectivity index (χ2n) is 3.85. The molecule has 0 spiro atoms. The van der Waals surface area contributed by atoms with E-state index in [1.807, 2.05) is 6.07 Å². The molecule has 0 amide bonds. The molecule has 0 aliphatic heterocycles. The first-order valence-electron chi connectivity index (χ1n) is 4.97. The van der Waals surface area contributed by atoms with Gasteiger partial charge in [0.1, 0.15) is 5.82 Å². The highest BCUT2D eigenvalue weighted by molar-refractivity contribution is 6.28. The highest BCUT2D eigenvalue weighted by Gasteiger charge is 2.03. The lowest BCUT2D eigenvalue weighted by atomic mass is 10.2. The number of nitrogens with one attached hydrogen (secondary N) is 1. The van der Waals surface area contributed by atoms with Crippen LogP contribution < -0.4 is 5.32 Å². The van der Waals surface area contributed by atoms with Crippen molar-refractivity contribution < 1.29 is 0 Å². The Morgan fingerprint density at radius 2 is 2.27 bits per heavy atom. The van der Waals surface area contributed by atoms with Gasteiger partial charge in [0.2, 0.25) is 5.28 Å². The monoisotopic (exact) mass is 228 g/mol. The van der Waals surface area contributed by atoms with Crippen molar-refractivity contribution >= 4 is 17.4 Å². The van der Waals surface area contributed by atoms with Gasteiger partial charge in [-0.3, -0.25) is 0 Å². The van der Waals surface area contributed by atoms with Gasteiger partial charge in [0.05, 0.1) is 0 Å². The molecule has 5 heteroatoms. The van der Waals surface area contributed by atoms with Crippen LogP contribution in [-0.2, 0) is 0 Å². The number of rotatable bonds is 5. The zero-order valence-electron chi connectivity index (χ0n) is 9.37. The number of anilines is 1. The summed E-state index contributed by atoms with van der Waals surface area (Å²) in [4.78, 5) is 10.1. The van der Waals surface area contributed by atoms with Crippen molar-refractivity contribution in [1.82, 2.24) is 14.9 Å². The van der Waals surface area contributed by atoms with Crippen molar-refractivity contribution in [2.45, 2.75) is 19.4 Å². The van der Waals surface area contributed by atoms with Crippen molar-refractivity contribution in [2.24, 2.45) is 0 Å². The number of nitrogens with zero attached hydrogens (tertiary/aromatic N) is 3. The first kappa shape index (κ1) is 12.2. The molecule has 84 valence electrons. The Balaban J connectivity index is 2.40. The van der Waals surface area contributed by atoms with Crippen LogP contribution in [0.2, 0.25) is 5.28 Å². The van der Waals surface area contributed by atoms with Crippen molar-refractivity contribution in [2.75, 3.05) is 26.0 Å². The third-order valence-electron chi connectivity index (χ3n) is 2.03. The Kier molecular flexibility index (Phi) is 4.78. The van der Waals surface area contributed by atoms with Crippen LogP contribution in [0.5, 0.6) is 0 Å². The Morgan fingerprint density at radius 3 is 2.87 bits per heavy atom. The first-order chi connectivity index (χ1) is 7.08. The second kappa shape index (κ2) is 5.88. The fraction of sp³-hybridized carbons (Fsp3) is 0.600. The average Bonchev–Trinajstić information content (AvgIpc) is 2.15. The third-order valence-corrected chi connectivity index (χ3v) is 2.21. The second-order valence-corrected chi connectivity index (χ2v) is 4.19. The Hall–Kier alpha value is -0.870. The minimum absolute atomic E-state index is 0.278. The quantitative estimate of drug-likeness (QED) is 0.782. The Labute approximate surface area is 95.7 Å². The lowest BCUT2D eigenvalue weighted by Crippen LogP contribution is -2.23. The zero-order chi connectivity index (χ0) is 11.3. The van der Waals surface area contributed by atoms with Crippen LogP contribution in [0.15, 0.2) is 12.3 Å². The topological polar surface area (TPSA) is 41.0 Å². The fourth-order valence-electron chi connectivity index (χ4n) is 1.19. The van der Waals surface area contributed by atoms with E-state index in [4.69, 9.17) is 11.6 Å². The van der Waals surface area contributed by atoms with Gasteiger partial charge in [-0.25, -0.2) is 9.97 Å². The predicted molar refractivity (Wildman–Crippen MR) is 63.3 cm³/mol. The highest BCUT2D eigenvalue weighted by Crippen LogP contribution is 2.08. The Morgan fingerprint density at radius 1 is 1.53 bits per heavy atom. The maximum absolute atomic E-state index is 5.69. The summed E-state index contributed by atoms with van der Waals surface area (Å²) < 4.78 is 0. The molecule has 1 aromatic rings. The molecule has 1 rings (SSSR count). The van der Waals surface area contributed by atoms with Crippen LogP contribution >= 0.6 is 11.6 Å². The van der Waals surface area contributed by atoms with E-state index in [1.54, 1.807) is 6.20 Å². The molecule has 1 atom stereocenters. The van der Waals surface area contributed by atoms with Gasteiger partial charge in [-0.05, 0) is 51.7 Å². The van der Waals surface area contributed by atoms with Gasteiger partial charge in [0, 0.05) is 12.2 Å². The van der Waals surface area contributed by atoms with E-state index in [-0.39, 0.29) is 5.28 Å². The summed E-state index contributed by atoms with van der Waals surface area (Å²) in [5, 5.41) is 3.55. The van der Waals surface area contributed by atoms with Crippen LogP contribution in [0, 0.1) is 0 Å². The molecule has 0 fully saturated rings. The first-order valence-corrected chi connectivity index (χ1v) is 5.35. The summed E-state index contributed by atoms with van der Waals surface area (Å²) in [6, 6.07) is 2.19. The summed E-state index contributed by atoms with van der Waals surface area (Å²) >= 11 is 5.69. The van der Waals surface area contributed by atoms with Crippen LogP contribution in [0.25, 0.3) is 0 Å². The summed E-state index contributed by atoms with van der Waals surface area (Å²) in [5.74, 6) is 0.779. The van der Waals surface area contributed by atoms with Gasteiger partial charge in [-0.2, -0.15) is 0 Å². The molecule has 0 saturated carbocycles. The molecule has 0 bridgehead atoms. The number of aromatic nitrogens is 2. The van der Waals surface area contributed by atoms with Gasteiger partial charge in [0.25, 0.3) is 0 Å². The van der Waals surface area contributed by atoms with Crippen LogP contribution in [-0.4, -0.2) is 41.5 Å². The van der Waals surface area contributed by atoms with E-state index in [1.165, 1.54) is 0 Å². The van der Waals surface area contributed by atoms with Gasteiger partial charge in [-0.15, -0.1) is 0 Å². The molecule has 4 nitrogen and oxygen atoms in total. The van der Waals surface area contributed by atoms with E-state index in [2.05, 4.69) is 41.2 Å². The van der Waals surface area contributed by atoms with E-state index < -0.39 is 0 Å². The molecule has 1 N–H and O–H groups in total. The summed E-state index contributed by atoms with van der Waals surface area (Å²) in [6.07, 6.45) is 2.71. The number of halogens is 1. The van der Waals surface area contributed by atoms with Gasteiger partial charge in [-0.1, -0.05) is 0 Å². The maximum Gasteiger partial charge on any atom is 0.224 e. The standard InChI is InChI=1S/C10H17ClN4/c1-8(5-7-15(2)3)13-9-4-6-12-10(11)14-9/h4,6,8H,5,7H2,1-3H3,(H,12,13,14). The van der Waals surface area contributed by atoms with Gasteiger partial charge >= 0.3 is 0 Å². The molecular weight excluding hydrogens is 212 g/mol. The number of hydrogen-bond acceptors (Lipinski definition) is 4. The SMILES string of the molecule is CC(CCN(C)C)Nc1ccnc(Cl)n1. The fourth-order valence-corrected chi connectivity index (χ4v) is 1.34. The van der Waals surface area contributed by atoms with Crippen LogP contribution in [0.1, 0.15) is 13.3 Å². The van der Waals surface area contributed by atoms with Crippen LogP contribution in [0.3, 0.4) is 0 Å². The van der Waals surface area contributed by atoms with Gasteiger partial charge in [0.15, 0.2) is 0 Å². The average molecular weight is 229 g/mol. The molecule has 1 unspecified atom stereocenters. The molecule has 0 aliphatic carbocycles. The van der Waals surface area contributed by atoms with E-state index in [0.29, 0.717) is 6.04 Å². The molecule has 0 aliphatic rings. The summed E-state index contributed by atoms with van der Waals surface area (Å²) in [7, 11) is 4.13. The third kappa shape index (κ3) is 4.95. The largest absolute Gasteiger partial charge is 0.367 e. The smallest absolute Gasteiger partial charge is 0.224 e. The maximum atomic E-state index is 5.69. The highest BCUT2D eigenvalue weighted by atomic mass is 35.5. The Bertz CT molecular complexity index is 303. The zero-order valence-corrected chi connectivity index (χ0v) is 10.1. The lowest BCUT2D eigenvalue weighted by molar-refractivity contribution is 0.390. The lowest BCUT2D eigenvalue weighted by Gasteiger charge is -2.16. The summed E-state index contributed by atoms with van der Waals surface area (Å²) in [5.41, 5.74) is 0. The predicted octanol–water partition coefficient (Wildman–Crippen LogP) is 1.88. The van der Waals surface area contributed by atoms with E-state index in [9.17, 15) is 0 Å². The van der Waals surface area contributed by atoms with Crippen molar-refractivity contribution in [3.63, 3.8) is 0 Å². The normalized spacial score (nSPS) is 12.9. The molecule has 1 heterocycles. The van der Waals surface area contributed by atoms with Crippen LogP contribution in [0.4, 0.5) is 5.82 Å². The molecule has 0 radical (unpaired) electrons. The van der Waals surface area contributed by atoms with E-state index in [0.717, 1.165) is 18.8 Å². The minimum atomic E-state index is 0.278. The minimum Gasteiger partial charge on any atom is -0.367 e. The van der Waals surface area contributed by atoms with Gasteiger partial charge < -0.3 is 10.2 Å². The molecule has 15 heavy (non-hydrogen) atoms. The van der Waals surface area contributed by atoms with Crippen molar-refractivity contribution in [1.29, 1.82) is 0 Å². The van der Waals surface area contributed by atoms with E-state index >= 15 is 0 Å². The molecule has 1 aromatic heterocycles. The number of hydrogen-bond donors (Lipinski definition) is 1. The molecule has 0 saturated heterocycles. The molecule has 0 aromatic carbocycles.